The van der Waals surface area contributed by atoms with Crippen LogP contribution >= 0.6 is 0 Å². The van der Waals surface area contributed by atoms with Crippen molar-refractivity contribution in [3.8, 4) is 0 Å². The number of primary amides is 1. The van der Waals surface area contributed by atoms with Crippen molar-refractivity contribution in [1.82, 2.24) is 20.3 Å². The Hall–Kier alpha value is -4.76. The van der Waals surface area contributed by atoms with Crippen molar-refractivity contribution in [3.05, 3.63) is 71.4 Å². The van der Waals surface area contributed by atoms with E-state index in [0.29, 0.717) is 16.7 Å². The average molecular weight is 600 g/mol. The number of hydrogen-bond donors (Lipinski definition) is 8. The van der Waals surface area contributed by atoms with Gasteiger partial charge in [-0.1, -0.05) is 42.5 Å². The Labute approximate surface area is 241 Å². The third kappa shape index (κ3) is 9.71. The second-order valence-corrected chi connectivity index (χ2v) is 11.4. The topological polar surface area (TPSA) is 250 Å². The summed E-state index contributed by atoms with van der Waals surface area (Å²) in [6, 6.07) is 11.6. The van der Waals surface area contributed by atoms with Crippen LogP contribution in [-0.4, -0.2) is 65.9 Å². The van der Waals surface area contributed by atoms with Gasteiger partial charge in [0.15, 0.2) is 5.75 Å². The van der Waals surface area contributed by atoms with Gasteiger partial charge in [0.2, 0.25) is 27.7 Å². The lowest BCUT2D eigenvalue weighted by Gasteiger charge is -2.21. The molecule has 0 saturated carbocycles. The number of nitrogens with two attached hydrogens (primary N) is 2. The Bertz CT molecular complexity index is 1570. The van der Waals surface area contributed by atoms with E-state index in [0.717, 1.165) is 10.9 Å². The zero-order valence-corrected chi connectivity index (χ0v) is 23.4. The second kappa shape index (κ2) is 14.2. The number of carbonyl (C=O) groups excluding carboxylic acids is 3. The van der Waals surface area contributed by atoms with Crippen molar-refractivity contribution in [2.45, 2.75) is 44.3 Å². The molecule has 3 rings (SSSR count). The Morgan fingerprint density at radius 2 is 1.71 bits per heavy atom. The van der Waals surface area contributed by atoms with E-state index in [2.05, 4.69) is 20.3 Å². The third-order valence-corrected chi connectivity index (χ3v) is 7.61. The number of aromatic amines is 1. The molecule has 10 N–H and O–H groups in total. The number of carboxylic acids is 1. The number of hydrogen-bond acceptors (Lipinski definition) is 7. The number of amides is 3. The number of rotatable bonds is 16. The summed E-state index contributed by atoms with van der Waals surface area (Å²) in [6.07, 6.45) is 0.993. The molecule has 1 heterocycles. The first-order valence-electron chi connectivity index (χ1n) is 12.9. The van der Waals surface area contributed by atoms with Crippen molar-refractivity contribution in [2.24, 2.45) is 11.5 Å². The SMILES string of the molecule is N=C(N)c1ccc(CNC(=O)C(CCC(N)=O)NC(=O)CC(Cc2c[nH]c3ccccc23)NS(=O)(=O)CC(=O)O)cc1. The molecule has 2 aromatic carbocycles. The van der Waals surface area contributed by atoms with Gasteiger partial charge in [0, 0.05) is 48.1 Å². The lowest BCUT2D eigenvalue weighted by atomic mass is 10.0. The lowest BCUT2D eigenvalue weighted by molar-refractivity contribution is -0.134. The molecule has 15 heteroatoms. The lowest BCUT2D eigenvalue weighted by Crippen LogP contribution is -2.49. The number of H-pyrrole nitrogens is 1. The number of carboxylic acid groups (broad SMARTS) is 1. The summed E-state index contributed by atoms with van der Waals surface area (Å²) in [7, 11) is -4.30. The smallest absolute Gasteiger partial charge is 0.320 e. The maximum atomic E-state index is 13.1. The maximum Gasteiger partial charge on any atom is 0.320 e. The van der Waals surface area contributed by atoms with Gasteiger partial charge in [-0.15, -0.1) is 0 Å². The normalized spacial score (nSPS) is 12.8. The monoisotopic (exact) mass is 599 g/mol. The molecule has 0 radical (unpaired) electrons. The van der Waals surface area contributed by atoms with Gasteiger partial charge >= 0.3 is 5.97 Å². The standard InChI is InChI=1S/C27H33N7O7S/c28-23(35)10-9-22(27(39)32-13-16-5-7-17(8-6-16)26(29)30)33-24(36)12-19(34-42(40,41)15-25(37)38)11-18-14-31-21-4-2-1-3-20(18)21/h1-8,14,19,22,31,34H,9-13,15H2,(H2,28,35)(H3,29,30)(H,32,39)(H,33,36)(H,37,38). The highest BCUT2D eigenvalue weighted by Crippen LogP contribution is 2.20. The number of sulfonamides is 1. The van der Waals surface area contributed by atoms with Gasteiger partial charge in [0.05, 0.1) is 0 Å². The minimum atomic E-state index is -4.30. The molecule has 14 nitrogen and oxygen atoms in total. The molecule has 224 valence electrons. The number of benzene rings is 2. The summed E-state index contributed by atoms with van der Waals surface area (Å²) in [5.74, 6) is -4.82. The van der Waals surface area contributed by atoms with Crippen LogP contribution in [0.4, 0.5) is 0 Å². The van der Waals surface area contributed by atoms with Gasteiger partial charge in [0.1, 0.15) is 11.9 Å². The van der Waals surface area contributed by atoms with E-state index in [9.17, 15) is 27.6 Å². The number of amidine groups is 1. The van der Waals surface area contributed by atoms with Crippen LogP contribution in [0, 0.1) is 5.41 Å². The summed E-state index contributed by atoms with van der Waals surface area (Å²) < 4.78 is 27.2. The van der Waals surface area contributed by atoms with Crippen LogP contribution in [0.3, 0.4) is 0 Å². The average Bonchev–Trinajstić information content (AvgIpc) is 3.31. The Morgan fingerprint density at radius 1 is 1.02 bits per heavy atom. The number of nitrogens with one attached hydrogen (secondary N) is 5. The minimum absolute atomic E-state index is 0.0463. The van der Waals surface area contributed by atoms with Gasteiger partial charge in [-0.2, -0.15) is 0 Å². The number of nitrogen functional groups attached to an aromatic ring is 1. The largest absolute Gasteiger partial charge is 0.480 e. The quantitative estimate of drug-likeness (QED) is 0.0808. The molecule has 3 aromatic rings. The van der Waals surface area contributed by atoms with Gasteiger partial charge < -0.3 is 32.2 Å². The number of carbonyl (C=O) groups is 4. The molecule has 0 spiro atoms. The summed E-state index contributed by atoms with van der Waals surface area (Å²) >= 11 is 0. The highest BCUT2D eigenvalue weighted by Gasteiger charge is 2.27. The fourth-order valence-corrected chi connectivity index (χ4v) is 5.41. The Morgan fingerprint density at radius 3 is 2.36 bits per heavy atom. The van der Waals surface area contributed by atoms with Crippen LogP contribution < -0.4 is 26.8 Å². The van der Waals surface area contributed by atoms with E-state index in [4.69, 9.17) is 22.0 Å². The predicted molar refractivity (Wildman–Crippen MR) is 155 cm³/mol. The van der Waals surface area contributed by atoms with Crippen LogP contribution in [0.15, 0.2) is 54.7 Å². The van der Waals surface area contributed by atoms with Gasteiger partial charge in [-0.05, 0) is 30.0 Å². The first-order chi connectivity index (χ1) is 19.8. The fraction of sp³-hybridized carbons (Fsp3) is 0.296. The molecular formula is C27H33N7O7S. The third-order valence-electron chi connectivity index (χ3n) is 6.30. The van der Waals surface area contributed by atoms with Crippen LogP contribution in [-0.2, 0) is 42.2 Å². The van der Waals surface area contributed by atoms with Crippen molar-refractivity contribution >= 4 is 50.5 Å². The maximum absolute atomic E-state index is 13.1. The van der Waals surface area contributed by atoms with Gasteiger partial charge in [0.25, 0.3) is 0 Å². The minimum Gasteiger partial charge on any atom is -0.480 e. The molecule has 1 aromatic heterocycles. The Balaban J connectivity index is 1.73. The molecule has 0 saturated heterocycles. The molecule has 2 unspecified atom stereocenters. The second-order valence-electron chi connectivity index (χ2n) is 9.69. The van der Waals surface area contributed by atoms with E-state index in [1.54, 1.807) is 36.5 Å². The van der Waals surface area contributed by atoms with E-state index < -0.39 is 58.0 Å². The highest BCUT2D eigenvalue weighted by molar-refractivity contribution is 7.90. The summed E-state index contributed by atoms with van der Waals surface area (Å²) in [5.41, 5.74) is 13.4. The Kier molecular flexibility index (Phi) is 10.8. The van der Waals surface area contributed by atoms with Crippen molar-refractivity contribution < 1.29 is 32.7 Å². The number of fused-ring (bicyclic) bond motifs is 1. The van der Waals surface area contributed by atoms with E-state index >= 15 is 0 Å². The van der Waals surface area contributed by atoms with Crippen molar-refractivity contribution in [3.63, 3.8) is 0 Å². The molecule has 0 aliphatic carbocycles. The summed E-state index contributed by atoms with van der Waals surface area (Å²) in [6.45, 7) is 0.0815. The molecule has 42 heavy (non-hydrogen) atoms. The molecular weight excluding hydrogens is 566 g/mol. The molecule has 0 aliphatic heterocycles. The van der Waals surface area contributed by atoms with E-state index in [1.165, 1.54) is 0 Å². The first kappa shape index (κ1) is 31.8. The van der Waals surface area contributed by atoms with E-state index in [1.807, 2.05) is 18.2 Å². The summed E-state index contributed by atoms with van der Waals surface area (Å²) in [4.78, 5) is 51.6. The van der Waals surface area contributed by atoms with Gasteiger partial charge in [-0.3, -0.25) is 24.6 Å². The number of aliphatic carboxylic acids is 1. The first-order valence-corrected chi connectivity index (χ1v) is 14.5. The zero-order chi connectivity index (χ0) is 30.9. The summed E-state index contributed by atoms with van der Waals surface area (Å²) in [5, 5.41) is 22.5. The van der Waals surface area contributed by atoms with Crippen LogP contribution in [0.2, 0.25) is 0 Å². The molecule has 0 bridgehead atoms. The number of aromatic nitrogens is 1. The molecule has 2 atom stereocenters. The zero-order valence-electron chi connectivity index (χ0n) is 22.6. The predicted octanol–water partition coefficient (Wildman–Crippen LogP) is -0.176. The molecule has 0 fully saturated rings. The van der Waals surface area contributed by atoms with Crippen LogP contribution in [0.1, 0.15) is 36.0 Å². The molecule has 0 aliphatic rings. The highest BCUT2D eigenvalue weighted by atomic mass is 32.2. The van der Waals surface area contributed by atoms with Crippen LogP contribution in [0.5, 0.6) is 0 Å². The van der Waals surface area contributed by atoms with E-state index in [-0.39, 0.29) is 31.6 Å². The van der Waals surface area contributed by atoms with Crippen LogP contribution in [0.25, 0.3) is 10.9 Å². The van der Waals surface area contributed by atoms with Crippen molar-refractivity contribution in [1.29, 1.82) is 5.41 Å². The fourth-order valence-electron chi connectivity index (χ4n) is 4.33. The number of para-hydroxylation sites is 1. The van der Waals surface area contributed by atoms with Crippen molar-refractivity contribution in [2.75, 3.05) is 5.75 Å². The van der Waals surface area contributed by atoms with Gasteiger partial charge in [-0.25, -0.2) is 13.1 Å². The molecule has 3 amide bonds.